The van der Waals surface area contributed by atoms with Crippen molar-refractivity contribution < 1.29 is 4.39 Å². The minimum atomic E-state index is -0.512. The molecular weight excluding hydrogens is 374 g/mol. The fraction of sp³-hybridized carbons (Fsp3) is 0.895. The molecule has 0 aromatic rings. The van der Waals surface area contributed by atoms with Crippen LogP contribution in [0.4, 0.5) is 4.39 Å². The van der Waals surface area contributed by atoms with E-state index in [0.29, 0.717) is 16.7 Å². The minimum absolute atomic E-state index is 0.445. The molecule has 4 aliphatic rings. The van der Waals surface area contributed by atoms with Gasteiger partial charge < -0.3 is 0 Å². The third kappa shape index (κ3) is 2.03. The van der Waals surface area contributed by atoms with Gasteiger partial charge in [0.15, 0.2) is 0 Å². The second-order valence-electron chi connectivity index (χ2n) is 8.77. The van der Waals surface area contributed by atoms with Gasteiger partial charge in [-0.25, -0.2) is 4.39 Å². The summed E-state index contributed by atoms with van der Waals surface area (Å²) in [5.74, 6) is 3.33. The van der Waals surface area contributed by atoms with Crippen molar-refractivity contribution in [3.8, 4) is 0 Å². The molecule has 21 heavy (non-hydrogen) atoms. The molecule has 118 valence electrons. The molecule has 0 saturated heterocycles. The summed E-state index contributed by atoms with van der Waals surface area (Å²) in [4.78, 5) is 0. The van der Waals surface area contributed by atoms with Gasteiger partial charge in [-0.05, 0) is 107 Å². The summed E-state index contributed by atoms with van der Waals surface area (Å²) in [5.41, 5.74) is 0.920. The predicted molar refractivity (Wildman–Crippen MR) is 94.1 cm³/mol. The fourth-order valence-corrected chi connectivity index (χ4v) is 7.64. The average molecular weight is 402 g/mol. The summed E-state index contributed by atoms with van der Waals surface area (Å²) in [6.45, 7) is 5.04. The van der Waals surface area contributed by atoms with Gasteiger partial charge in [0, 0.05) is 5.41 Å². The Morgan fingerprint density at radius 1 is 1.10 bits per heavy atom. The molecule has 0 amide bonds. The first-order chi connectivity index (χ1) is 9.95. The zero-order chi connectivity index (χ0) is 14.8. The van der Waals surface area contributed by atoms with Crippen LogP contribution in [-0.2, 0) is 0 Å². The molecule has 2 heteroatoms. The zero-order valence-electron chi connectivity index (χ0n) is 13.4. The van der Waals surface area contributed by atoms with Crippen molar-refractivity contribution in [2.24, 2.45) is 34.5 Å². The molecule has 4 aliphatic carbocycles. The van der Waals surface area contributed by atoms with Gasteiger partial charge in [0.05, 0.1) is 0 Å². The van der Waals surface area contributed by atoms with Gasteiger partial charge in [-0.1, -0.05) is 19.9 Å². The maximum absolute atomic E-state index is 13.9. The van der Waals surface area contributed by atoms with Gasteiger partial charge in [0.1, 0.15) is 6.17 Å². The van der Waals surface area contributed by atoms with E-state index >= 15 is 0 Å². The molecule has 0 radical (unpaired) electrons. The highest BCUT2D eigenvalue weighted by atomic mass is 127. The number of hydrogen-bond donors (Lipinski definition) is 0. The molecule has 0 aromatic carbocycles. The van der Waals surface area contributed by atoms with E-state index in [2.05, 4.69) is 42.5 Å². The van der Waals surface area contributed by atoms with Crippen LogP contribution >= 0.6 is 22.6 Å². The van der Waals surface area contributed by atoms with E-state index in [9.17, 15) is 4.39 Å². The summed E-state index contributed by atoms with van der Waals surface area (Å²) >= 11 is 2.60. The normalized spacial score (nSPS) is 56.2. The SMILES string of the molecule is C[C@]12CC[C@@H](F)C[C@@H]1CC[C@@H]1[C@@H]2CC[C@]2(C)C(I)=CC[C@@H]12. The lowest BCUT2D eigenvalue weighted by Gasteiger charge is -2.60. The molecule has 0 aromatic heterocycles. The van der Waals surface area contributed by atoms with Crippen LogP contribution in [0.5, 0.6) is 0 Å². The van der Waals surface area contributed by atoms with Gasteiger partial charge in [0.25, 0.3) is 0 Å². The lowest BCUT2D eigenvalue weighted by Crippen LogP contribution is -2.53. The topological polar surface area (TPSA) is 0 Å². The summed E-state index contributed by atoms with van der Waals surface area (Å²) in [5, 5.41) is 0. The number of halogens is 2. The van der Waals surface area contributed by atoms with Crippen molar-refractivity contribution in [3.05, 3.63) is 9.66 Å². The van der Waals surface area contributed by atoms with Crippen molar-refractivity contribution >= 4 is 22.6 Å². The molecule has 7 atom stereocenters. The van der Waals surface area contributed by atoms with Gasteiger partial charge in [-0.15, -0.1) is 0 Å². The van der Waals surface area contributed by atoms with Gasteiger partial charge in [-0.3, -0.25) is 0 Å². The second-order valence-corrected chi connectivity index (χ2v) is 9.93. The van der Waals surface area contributed by atoms with Crippen molar-refractivity contribution in [3.63, 3.8) is 0 Å². The number of allylic oxidation sites excluding steroid dienone is 2. The lowest BCUT2D eigenvalue weighted by atomic mass is 9.45. The Hall–Kier alpha value is 0.400. The molecule has 0 nitrogen and oxygen atoms in total. The van der Waals surface area contributed by atoms with Crippen LogP contribution in [0, 0.1) is 34.5 Å². The maximum atomic E-state index is 13.9. The molecule has 3 fully saturated rings. The highest BCUT2D eigenvalue weighted by Gasteiger charge is 2.58. The molecule has 0 spiro atoms. The number of rotatable bonds is 0. The maximum Gasteiger partial charge on any atom is 0.100 e. The second kappa shape index (κ2) is 4.95. The van der Waals surface area contributed by atoms with Gasteiger partial charge in [0.2, 0.25) is 0 Å². The van der Waals surface area contributed by atoms with E-state index in [-0.39, 0.29) is 0 Å². The van der Waals surface area contributed by atoms with Crippen molar-refractivity contribution in [2.45, 2.75) is 71.4 Å². The largest absolute Gasteiger partial charge is 0.247 e. The smallest absolute Gasteiger partial charge is 0.100 e. The van der Waals surface area contributed by atoms with Crippen molar-refractivity contribution in [2.75, 3.05) is 0 Å². The summed E-state index contributed by atoms with van der Waals surface area (Å²) < 4.78 is 15.5. The van der Waals surface area contributed by atoms with Crippen molar-refractivity contribution in [1.82, 2.24) is 0 Å². The molecular formula is C19H28FI. The molecule has 0 bridgehead atoms. The monoisotopic (exact) mass is 402 g/mol. The Kier molecular flexibility index (Phi) is 3.52. The Morgan fingerprint density at radius 2 is 1.90 bits per heavy atom. The number of hydrogen-bond acceptors (Lipinski definition) is 0. The number of alkyl halides is 1. The first kappa shape index (κ1) is 15.0. The third-order valence-corrected chi connectivity index (χ3v) is 9.76. The standard InChI is InChI=1S/C19H28FI/c1-18-9-7-13(20)11-12(18)3-4-14-15-5-6-17(21)19(15,2)10-8-16(14)18/h6,12-16H,3-5,7-11H2,1-2H3/t12-,13+,14-,15-,16-,18-,19-/m0/s1. The zero-order valence-corrected chi connectivity index (χ0v) is 15.5. The Labute approximate surface area is 142 Å². The Bertz CT molecular complexity index is 472. The summed E-state index contributed by atoms with van der Waals surface area (Å²) in [6, 6.07) is 0. The Morgan fingerprint density at radius 3 is 2.71 bits per heavy atom. The lowest BCUT2D eigenvalue weighted by molar-refractivity contribution is -0.108. The van der Waals surface area contributed by atoms with E-state index in [1.54, 1.807) is 3.58 Å². The highest BCUT2D eigenvalue weighted by molar-refractivity contribution is 14.1. The van der Waals surface area contributed by atoms with Crippen molar-refractivity contribution in [1.29, 1.82) is 0 Å². The summed E-state index contributed by atoms with van der Waals surface area (Å²) in [7, 11) is 0. The van der Waals surface area contributed by atoms with E-state index in [4.69, 9.17) is 0 Å². The molecule has 0 N–H and O–H groups in total. The van der Waals surface area contributed by atoms with Crippen LogP contribution < -0.4 is 0 Å². The first-order valence-electron chi connectivity index (χ1n) is 8.95. The third-order valence-electron chi connectivity index (χ3n) is 8.09. The number of fused-ring (bicyclic) bond motifs is 5. The quantitative estimate of drug-likeness (QED) is 0.418. The molecule has 0 heterocycles. The highest BCUT2D eigenvalue weighted by Crippen LogP contribution is 2.67. The molecule has 4 rings (SSSR count). The van der Waals surface area contributed by atoms with Crippen LogP contribution in [-0.4, -0.2) is 6.17 Å². The molecule has 0 aliphatic heterocycles. The van der Waals surface area contributed by atoms with Crippen LogP contribution in [0.1, 0.15) is 65.2 Å². The van der Waals surface area contributed by atoms with E-state index < -0.39 is 6.17 Å². The summed E-state index contributed by atoms with van der Waals surface area (Å²) in [6.07, 6.45) is 11.6. The first-order valence-corrected chi connectivity index (χ1v) is 10.0. The van der Waals surface area contributed by atoms with Crippen LogP contribution in [0.15, 0.2) is 9.66 Å². The van der Waals surface area contributed by atoms with Gasteiger partial charge >= 0.3 is 0 Å². The molecule has 0 unspecified atom stereocenters. The van der Waals surface area contributed by atoms with E-state index in [1.165, 1.54) is 32.1 Å². The predicted octanol–water partition coefficient (Wildman–Crippen LogP) is 6.30. The van der Waals surface area contributed by atoms with Crippen LogP contribution in [0.2, 0.25) is 0 Å². The fourth-order valence-electron chi connectivity index (χ4n) is 6.72. The van der Waals surface area contributed by atoms with E-state index in [1.807, 2.05) is 0 Å². The Balaban J connectivity index is 1.63. The minimum Gasteiger partial charge on any atom is -0.247 e. The van der Waals surface area contributed by atoms with Gasteiger partial charge in [-0.2, -0.15) is 0 Å². The average Bonchev–Trinajstić information content (AvgIpc) is 2.76. The van der Waals surface area contributed by atoms with Crippen LogP contribution in [0.3, 0.4) is 0 Å². The molecule has 3 saturated carbocycles. The van der Waals surface area contributed by atoms with E-state index in [0.717, 1.165) is 37.0 Å². The van der Waals surface area contributed by atoms with Crippen LogP contribution in [0.25, 0.3) is 0 Å².